The van der Waals surface area contributed by atoms with Gasteiger partial charge in [-0.1, -0.05) is 29.4 Å². The number of aromatic nitrogens is 3. The van der Waals surface area contributed by atoms with E-state index in [1.165, 1.54) is 23.1 Å². The number of carbonyl (C=O) groups is 1. The monoisotopic (exact) mass is 500 g/mol. The Morgan fingerprint density at radius 2 is 2.27 bits per heavy atom. The number of hydrogen-bond donors (Lipinski definition) is 1. The summed E-state index contributed by atoms with van der Waals surface area (Å²) in [7, 11) is 0. The molecule has 7 nitrogen and oxygen atoms in total. The maximum atomic E-state index is 13.4. The number of nitrogens with one attached hydrogen (secondary N) is 1. The van der Waals surface area contributed by atoms with E-state index in [0.29, 0.717) is 39.2 Å². The van der Waals surface area contributed by atoms with Gasteiger partial charge in [-0.2, -0.15) is 0 Å². The molecule has 1 aliphatic rings. The summed E-state index contributed by atoms with van der Waals surface area (Å²) in [5.41, 5.74) is 2.08. The lowest BCUT2D eigenvalue weighted by atomic mass is 10.2. The number of benzene rings is 1. The van der Waals surface area contributed by atoms with Crippen LogP contribution in [0.2, 0.25) is 5.02 Å². The third kappa shape index (κ3) is 4.63. The van der Waals surface area contributed by atoms with Crippen molar-refractivity contribution in [2.75, 3.05) is 17.7 Å². The minimum Gasteiger partial charge on any atom is -0.376 e. The van der Waals surface area contributed by atoms with Gasteiger partial charge < -0.3 is 10.1 Å². The first-order chi connectivity index (χ1) is 16.0. The van der Waals surface area contributed by atoms with Gasteiger partial charge in [-0.3, -0.25) is 14.2 Å². The quantitative estimate of drug-likeness (QED) is 0.300. The van der Waals surface area contributed by atoms with Crippen molar-refractivity contribution in [3.05, 3.63) is 57.5 Å². The molecule has 5 rings (SSSR count). The van der Waals surface area contributed by atoms with E-state index in [1.54, 1.807) is 16.8 Å². The highest BCUT2D eigenvalue weighted by Gasteiger charge is 2.22. The minimum absolute atomic E-state index is 0.0302. The molecule has 4 aromatic rings. The Balaban J connectivity index is 1.45. The summed E-state index contributed by atoms with van der Waals surface area (Å²) in [5.74, 6) is -0.0928. The normalized spacial score (nSPS) is 16.0. The largest absolute Gasteiger partial charge is 0.376 e. The van der Waals surface area contributed by atoms with Crippen molar-refractivity contribution in [2.45, 2.75) is 37.6 Å². The average Bonchev–Trinajstić information content (AvgIpc) is 3.45. The Kier molecular flexibility index (Phi) is 6.38. The van der Waals surface area contributed by atoms with E-state index in [0.717, 1.165) is 28.6 Å². The Bertz CT molecular complexity index is 1410. The second kappa shape index (κ2) is 9.42. The molecule has 1 aliphatic heterocycles. The van der Waals surface area contributed by atoms with Crippen LogP contribution in [0.4, 0.5) is 5.69 Å². The maximum absolute atomic E-state index is 13.4. The molecule has 0 aliphatic carbocycles. The van der Waals surface area contributed by atoms with Gasteiger partial charge in [-0.15, -0.1) is 11.3 Å². The van der Waals surface area contributed by atoms with Crippen molar-refractivity contribution in [1.82, 2.24) is 14.5 Å². The molecular weight excluding hydrogens is 480 g/mol. The summed E-state index contributed by atoms with van der Waals surface area (Å²) in [6, 6.07) is 9.14. The van der Waals surface area contributed by atoms with E-state index in [9.17, 15) is 9.59 Å². The molecule has 0 bridgehead atoms. The molecule has 3 aromatic heterocycles. The Morgan fingerprint density at radius 3 is 3.06 bits per heavy atom. The first-order valence-electron chi connectivity index (χ1n) is 10.6. The summed E-state index contributed by atoms with van der Waals surface area (Å²) in [6.45, 7) is 3.02. The minimum atomic E-state index is -0.199. The van der Waals surface area contributed by atoms with Gasteiger partial charge >= 0.3 is 0 Å². The first kappa shape index (κ1) is 22.3. The Labute approximate surface area is 203 Å². The molecule has 1 N–H and O–H groups in total. The van der Waals surface area contributed by atoms with Crippen LogP contribution in [-0.2, 0) is 16.1 Å². The fourth-order valence-corrected chi connectivity index (χ4v) is 5.82. The number of rotatable bonds is 6. The van der Waals surface area contributed by atoms with Crippen molar-refractivity contribution in [1.29, 1.82) is 0 Å². The smallest absolute Gasteiger partial charge is 0.272 e. The van der Waals surface area contributed by atoms with Crippen LogP contribution >= 0.6 is 34.7 Å². The van der Waals surface area contributed by atoms with Gasteiger partial charge in [0.15, 0.2) is 5.16 Å². The van der Waals surface area contributed by atoms with E-state index in [2.05, 4.69) is 10.3 Å². The third-order valence-corrected chi connectivity index (χ3v) is 7.99. The molecule has 1 amide bonds. The van der Waals surface area contributed by atoms with Crippen LogP contribution in [-0.4, -0.2) is 38.9 Å². The van der Waals surface area contributed by atoms with E-state index in [-0.39, 0.29) is 23.3 Å². The summed E-state index contributed by atoms with van der Waals surface area (Å²) in [4.78, 5) is 36.0. The predicted molar refractivity (Wildman–Crippen MR) is 134 cm³/mol. The number of thioether (sulfide) groups is 1. The molecule has 4 heterocycles. The molecule has 10 heteroatoms. The highest BCUT2D eigenvalue weighted by atomic mass is 35.5. The Hall–Kier alpha value is -2.46. The van der Waals surface area contributed by atoms with Gasteiger partial charge in [-0.25, -0.2) is 9.97 Å². The third-order valence-electron chi connectivity index (χ3n) is 5.52. The van der Waals surface area contributed by atoms with Crippen LogP contribution in [0.1, 0.15) is 18.4 Å². The predicted octanol–water partition coefficient (Wildman–Crippen LogP) is 4.88. The van der Waals surface area contributed by atoms with Crippen molar-refractivity contribution < 1.29 is 9.53 Å². The first-order valence-corrected chi connectivity index (χ1v) is 12.8. The number of aryl methyl sites for hydroxylation is 1. The van der Waals surface area contributed by atoms with E-state index in [1.807, 2.05) is 31.2 Å². The van der Waals surface area contributed by atoms with Crippen LogP contribution in [0.15, 0.2) is 46.5 Å². The number of ether oxygens (including phenoxy) is 1. The van der Waals surface area contributed by atoms with Crippen molar-refractivity contribution in [2.24, 2.45) is 0 Å². The molecule has 1 aromatic carbocycles. The average molecular weight is 501 g/mol. The van der Waals surface area contributed by atoms with Crippen molar-refractivity contribution in [3.63, 3.8) is 0 Å². The molecule has 170 valence electrons. The molecule has 0 radical (unpaired) electrons. The number of amides is 1. The van der Waals surface area contributed by atoms with Gasteiger partial charge in [0.05, 0.1) is 23.9 Å². The summed E-state index contributed by atoms with van der Waals surface area (Å²) in [5, 5.41) is 4.80. The number of thiophene rings is 1. The van der Waals surface area contributed by atoms with Gasteiger partial charge in [0, 0.05) is 28.9 Å². The van der Waals surface area contributed by atoms with Crippen molar-refractivity contribution >= 4 is 66.7 Å². The van der Waals surface area contributed by atoms with E-state index < -0.39 is 0 Å². The standard InChI is InChI=1S/C23H21ClN4O3S2/c1-13-6-7-14(10-17(13)24)26-18(29)12-32-23-27-19-16-5-2-8-25-21(16)33-20(19)22(30)28(23)11-15-4-3-9-31-15/h2,5-8,10,15H,3-4,9,11-12H2,1H3,(H,26,29)/t15-/m0/s1. The van der Waals surface area contributed by atoms with Crippen LogP contribution in [0.5, 0.6) is 0 Å². The molecule has 0 saturated carbocycles. The molecule has 1 atom stereocenters. The zero-order chi connectivity index (χ0) is 22.9. The van der Waals surface area contributed by atoms with E-state index in [4.69, 9.17) is 21.3 Å². The fourth-order valence-electron chi connectivity index (χ4n) is 3.80. The highest BCUT2D eigenvalue weighted by molar-refractivity contribution is 7.99. The Morgan fingerprint density at radius 1 is 1.39 bits per heavy atom. The highest BCUT2D eigenvalue weighted by Crippen LogP contribution is 2.31. The fraction of sp³-hybridized carbons (Fsp3) is 0.304. The SMILES string of the molecule is Cc1ccc(NC(=O)CSc2nc3c(sc4ncccc43)c(=O)n2C[C@@H]2CCCO2)cc1Cl. The lowest BCUT2D eigenvalue weighted by molar-refractivity contribution is -0.113. The molecular formula is C23H21ClN4O3S2. The van der Waals surface area contributed by atoms with Gasteiger partial charge in [0.1, 0.15) is 9.53 Å². The maximum Gasteiger partial charge on any atom is 0.272 e. The molecule has 1 fully saturated rings. The zero-order valence-electron chi connectivity index (χ0n) is 17.8. The number of fused-ring (bicyclic) bond motifs is 3. The topological polar surface area (TPSA) is 86.1 Å². The molecule has 1 saturated heterocycles. The summed E-state index contributed by atoms with van der Waals surface area (Å²) in [6.07, 6.45) is 3.56. The number of anilines is 1. The lowest BCUT2D eigenvalue weighted by Gasteiger charge is -2.15. The number of nitrogens with zero attached hydrogens (tertiary/aromatic N) is 3. The number of hydrogen-bond acceptors (Lipinski definition) is 7. The van der Waals surface area contributed by atoms with Gasteiger partial charge in [0.25, 0.3) is 5.56 Å². The number of carbonyl (C=O) groups excluding carboxylic acids is 1. The second-order valence-electron chi connectivity index (χ2n) is 7.88. The summed E-state index contributed by atoms with van der Waals surface area (Å²) < 4.78 is 7.99. The summed E-state index contributed by atoms with van der Waals surface area (Å²) >= 11 is 8.75. The van der Waals surface area contributed by atoms with Crippen LogP contribution in [0, 0.1) is 6.92 Å². The van der Waals surface area contributed by atoms with Crippen LogP contribution < -0.4 is 10.9 Å². The van der Waals surface area contributed by atoms with Crippen LogP contribution in [0.25, 0.3) is 20.4 Å². The van der Waals surface area contributed by atoms with Gasteiger partial charge in [0.2, 0.25) is 5.91 Å². The lowest BCUT2D eigenvalue weighted by Crippen LogP contribution is -2.28. The van der Waals surface area contributed by atoms with E-state index >= 15 is 0 Å². The molecule has 0 spiro atoms. The van der Waals surface area contributed by atoms with Gasteiger partial charge in [-0.05, 0) is 49.6 Å². The molecule has 33 heavy (non-hydrogen) atoms. The zero-order valence-corrected chi connectivity index (χ0v) is 20.2. The van der Waals surface area contributed by atoms with Crippen LogP contribution in [0.3, 0.4) is 0 Å². The number of pyridine rings is 1. The second-order valence-corrected chi connectivity index (χ2v) is 10.2. The molecule has 0 unspecified atom stereocenters. The number of halogens is 1. The van der Waals surface area contributed by atoms with Crippen molar-refractivity contribution in [3.8, 4) is 0 Å².